The van der Waals surface area contributed by atoms with Gasteiger partial charge in [0.1, 0.15) is 11.6 Å². The van der Waals surface area contributed by atoms with Gasteiger partial charge >= 0.3 is 0 Å². The molecule has 2 amide bonds. The Labute approximate surface area is 144 Å². The second-order valence-electron chi connectivity index (χ2n) is 5.91. The van der Waals surface area contributed by atoms with Crippen LogP contribution in [0.1, 0.15) is 41.6 Å². The molecule has 2 N–H and O–H groups in total. The van der Waals surface area contributed by atoms with Gasteiger partial charge in [0, 0.05) is 28.1 Å². The number of carbonyl (C=O) groups excluding carboxylic acids is 2. The van der Waals surface area contributed by atoms with Gasteiger partial charge in [-0.3, -0.25) is 9.59 Å². The fourth-order valence-corrected chi connectivity index (χ4v) is 3.12. The number of rotatable bonds is 3. The standard InChI is InChI=1S/C17H18N4O2S/c1-9(2)16-18-10(3)6-14(20-16)21-17(23)11-4-5-13-12(7-11)19-15(22)8-24-13/h4-7,9H,8H2,1-3H3,(H,19,22)(H,18,20,21,23). The molecule has 1 aromatic carbocycles. The molecule has 1 aromatic heterocycles. The third-order valence-electron chi connectivity index (χ3n) is 3.50. The Hall–Kier alpha value is -2.41. The first kappa shape index (κ1) is 16.4. The van der Waals surface area contributed by atoms with Crippen molar-refractivity contribution in [3.05, 3.63) is 41.3 Å². The molecule has 0 saturated carbocycles. The zero-order valence-electron chi connectivity index (χ0n) is 13.7. The molecule has 0 unspecified atom stereocenters. The highest BCUT2D eigenvalue weighted by atomic mass is 32.2. The van der Waals surface area contributed by atoms with Gasteiger partial charge in [-0.2, -0.15) is 0 Å². The average molecular weight is 342 g/mol. The van der Waals surface area contributed by atoms with Crippen molar-refractivity contribution in [3.63, 3.8) is 0 Å². The van der Waals surface area contributed by atoms with Crippen molar-refractivity contribution >= 4 is 35.1 Å². The monoisotopic (exact) mass is 342 g/mol. The Morgan fingerprint density at radius 3 is 2.83 bits per heavy atom. The number of carbonyl (C=O) groups is 2. The number of anilines is 2. The topological polar surface area (TPSA) is 84.0 Å². The molecular weight excluding hydrogens is 324 g/mol. The van der Waals surface area contributed by atoms with Crippen molar-refractivity contribution in [2.75, 3.05) is 16.4 Å². The third kappa shape index (κ3) is 3.56. The van der Waals surface area contributed by atoms with Gasteiger partial charge in [0.05, 0.1) is 11.4 Å². The van der Waals surface area contributed by atoms with E-state index in [4.69, 9.17) is 0 Å². The van der Waals surface area contributed by atoms with Crippen LogP contribution < -0.4 is 10.6 Å². The lowest BCUT2D eigenvalue weighted by atomic mass is 10.1. The minimum absolute atomic E-state index is 0.0574. The highest BCUT2D eigenvalue weighted by Crippen LogP contribution is 2.32. The number of aryl methyl sites for hydroxylation is 1. The van der Waals surface area contributed by atoms with E-state index in [9.17, 15) is 9.59 Å². The van der Waals surface area contributed by atoms with Crippen molar-refractivity contribution in [1.82, 2.24) is 9.97 Å². The lowest BCUT2D eigenvalue weighted by Gasteiger charge is -2.17. The summed E-state index contributed by atoms with van der Waals surface area (Å²) in [5.41, 5.74) is 1.95. The lowest BCUT2D eigenvalue weighted by molar-refractivity contribution is -0.113. The van der Waals surface area contributed by atoms with Crippen LogP contribution in [0.15, 0.2) is 29.2 Å². The van der Waals surface area contributed by atoms with Gasteiger partial charge in [0.15, 0.2) is 0 Å². The van der Waals surface area contributed by atoms with Gasteiger partial charge in [-0.15, -0.1) is 11.8 Å². The van der Waals surface area contributed by atoms with E-state index < -0.39 is 0 Å². The predicted molar refractivity (Wildman–Crippen MR) is 94.6 cm³/mol. The van der Waals surface area contributed by atoms with E-state index in [1.54, 1.807) is 18.2 Å². The zero-order valence-corrected chi connectivity index (χ0v) is 14.5. The fourth-order valence-electron chi connectivity index (χ4n) is 2.33. The first-order chi connectivity index (χ1) is 11.4. The minimum atomic E-state index is -0.268. The fraction of sp³-hybridized carbons (Fsp3) is 0.294. The number of hydrogen-bond donors (Lipinski definition) is 2. The SMILES string of the molecule is Cc1cc(NC(=O)c2ccc3c(c2)NC(=O)CS3)nc(C(C)C)n1. The van der Waals surface area contributed by atoms with Crippen LogP contribution in [0.3, 0.4) is 0 Å². The maximum absolute atomic E-state index is 12.5. The quantitative estimate of drug-likeness (QED) is 0.895. The summed E-state index contributed by atoms with van der Waals surface area (Å²) >= 11 is 1.46. The van der Waals surface area contributed by atoms with Crippen LogP contribution in [0, 0.1) is 6.92 Å². The molecule has 0 saturated heterocycles. The summed E-state index contributed by atoms with van der Waals surface area (Å²) < 4.78 is 0. The Morgan fingerprint density at radius 1 is 1.29 bits per heavy atom. The second-order valence-corrected chi connectivity index (χ2v) is 6.93. The van der Waals surface area contributed by atoms with Crippen molar-refractivity contribution < 1.29 is 9.59 Å². The first-order valence-corrected chi connectivity index (χ1v) is 8.64. The van der Waals surface area contributed by atoms with E-state index >= 15 is 0 Å². The van der Waals surface area contributed by atoms with E-state index in [-0.39, 0.29) is 17.7 Å². The van der Waals surface area contributed by atoms with Crippen molar-refractivity contribution in [2.45, 2.75) is 31.6 Å². The number of nitrogens with one attached hydrogen (secondary N) is 2. The van der Waals surface area contributed by atoms with Crippen molar-refractivity contribution in [1.29, 1.82) is 0 Å². The molecule has 24 heavy (non-hydrogen) atoms. The summed E-state index contributed by atoms with van der Waals surface area (Å²) in [6.45, 7) is 5.88. The number of thioether (sulfide) groups is 1. The molecule has 0 atom stereocenters. The highest BCUT2D eigenvalue weighted by molar-refractivity contribution is 8.00. The molecule has 7 heteroatoms. The van der Waals surface area contributed by atoms with Crippen molar-refractivity contribution in [3.8, 4) is 0 Å². The lowest BCUT2D eigenvalue weighted by Crippen LogP contribution is -2.20. The van der Waals surface area contributed by atoms with Crippen LogP contribution in [0.5, 0.6) is 0 Å². The smallest absolute Gasteiger partial charge is 0.256 e. The summed E-state index contributed by atoms with van der Waals surface area (Å²) in [7, 11) is 0. The van der Waals surface area contributed by atoms with Gasteiger partial charge < -0.3 is 10.6 Å². The molecule has 3 rings (SSSR count). The molecule has 1 aliphatic heterocycles. The van der Waals surface area contributed by atoms with Crippen molar-refractivity contribution in [2.24, 2.45) is 0 Å². The summed E-state index contributed by atoms with van der Waals surface area (Å²) in [6, 6.07) is 7.01. The van der Waals surface area contributed by atoms with Gasteiger partial charge in [0.2, 0.25) is 5.91 Å². The average Bonchev–Trinajstić information content (AvgIpc) is 2.53. The van der Waals surface area contributed by atoms with Gasteiger partial charge in [-0.05, 0) is 25.1 Å². The van der Waals surface area contributed by atoms with E-state index in [1.165, 1.54) is 11.8 Å². The van der Waals surface area contributed by atoms with E-state index in [2.05, 4.69) is 20.6 Å². The van der Waals surface area contributed by atoms with Crippen LogP contribution in [0.4, 0.5) is 11.5 Å². The molecule has 0 fully saturated rings. The van der Waals surface area contributed by atoms with Crippen LogP contribution in [-0.2, 0) is 4.79 Å². The van der Waals surface area contributed by atoms with Gasteiger partial charge in [-0.25, -0.2) is 9.97 Å². The second kappa shape index (κ2) is 6.60. The summed E-state index contributed by atoms with van der Waals surface area (Å²) in [5, 5.41) is 5.59. The molecule has 6 nitrogen and oxygen atoms in total. The molecule has 0 bridgehead atoms. The zero-order chi connectivity index (χ0) is 17.3. The Morgan fingerprint density at radius 2 is 2.08 bits per heavy atom. The number of benzene rings is 1. The molecule has 0 spiro atoms. The molecule has 2 heterocycles. The van der Waals surface area contributed by atoms with Crippen LogP contribution in [0.2, 0.25) is 0 Å². The maximum atomic E-state index is 12.5. The first-order valence-electron chi connectivity index (χ1n) is 7.66. The van der Waals surface area contributed by atoms with E-state index in [1.807, 2.05) is 26.8 Å². The Balaban J connectivity index is 1.83. The summed E-state index contributed by atoms with van der Waals surface area (Å²) in [5.74, 6) is 1.42. The van der Waals surface area contributed by atoms with Gasteiger partial charge in [0.25, 0.3) is 5.91 Å². The van der Waals surface area contributed by atoms with Crippen LogP contribution in [0.25, 0.3) is 0 Å². The maximum Gasteiger partial charge on any atom is 0.256 e. The molecule has 1 aliphatic rings. The van der Waals surface area contributed by atoms with E-state index in [0.29, 0.717) is 28.6 Å². The number of hydrogen-bond acceptors (Lipinski definition) is 5. The van der Waals surface area contributed by atoms with Crippen LogP contribution in [-0.4, -0.2) is 27.5 Å². The molecule has 2 aromatic rings. The Bertz CT molecular complexity index is 820. The van der Waals surface area contributed by atoms with Crippen LogP contribution >= 0.6 is 11.8 Å². The number of nitrogens with zero attached hydrogens (tertiary/aromatic N) is 2. The molecule has 0 radical (unpaired) electrons. The number of fused-ring (bicyclic) bond motifs is 1. The summed E-state index contributed by atoms with van der Waals surface area (Å²) in [4.78, 5) is 33.7. The largest absolute Gasteiger partial charge is 0.324 e. The normalized spacial score (nSPS) is 13.4. The third-order valence-corrected chi connectivity index (χ3v) is 4.58. The molecular formula is C17H18N4O2S. The van der Waals surface area contributed by atoms with Gasteiger partial charge in [-0.1, -0.05) is 13.8 Å². The van der Waals surface area contributed by atoms with E-state index in [0.717, 1.165) is 10.6 Å². The summed E-state index contributed by atoms with van der Waals surface area (Å²) in [6.07, 6.45) is 0. The molecule has 0 aliphatic carbocycles. The predicted octanol–water partition coefficient (Wildman–Crippen LogP) is 3.20. The minimum Gasteiger partial charge on any atom is -0.324 e. The Kier molecular flexibility index (Phi) is 4.53. The number of amides is 2. The number of aromatic nitrogens is 2. The highest BCUT2D eigenvalue weighted by Gasteiger charge is 2.18. The molecule has 124 valence electrons.